The van der Waals surface area contributed by atoms with E-state index in [1.165, 1.54) is 16.0 Å². The molecule has 130 valence electrons. The Bertz CT molecular complexity index is 837. The molecule has 0 unspecified atom stereocenters. The number of aryl methyl sites for hydroxylation is 2. The van der Waals surface area contributed by atoms with Crippen molar-refractivity contribution in [2.75, 3.05) is 5.73 Å². The predicted octanol–water partition coefficient (Wildman–Crippen LogP) is 3.23. The SMILES string of the molecule is Cc1cnc(C2=Cc3ccsc3CC2)cc1N.O=C(O)C=CC(=O)O. The maximum Gasteiger partial charge on any atom is 0.328 e. The first-order valence-electron chi connectivity index (χ1n) is 7.50. The van der Waals surface area contributed by atoms with Gasteiger partial charge in [0.1, 0.15) is 0 Å². The number of pyridine rings is 1. The van der Waals surface area contributed by atoms with E-state index in [0.717, 1.165) is 29.8 Å². The van der Waals surface area contributed by atoms with E-state index in [0.29, 0.717) is 12.2 Å². The molecule has 0 saturated carbocycles. The van der Waals surface area contributed by atoms with Crippen molar-refractivity contribution in [1.29, 1.82) is 0 Å². The normalized spacial score (nSPS) is 12.8. The Balaban J connectivity index is 0.000000242. The molecule has 0 atom stereocenters. The molecule has 0 saturated heterocycles. The second-order valence-corrected chi connectivity index (χ2v) is 6.41. The molecule has 0 bridgehead atoms. The van der Waals surface area contributed by atoms with Gasteiger partial charge in [-0.15, -0.1) is 11.3 Å². The Hall–Kier alpha value is -2.93. The van der Waals surface area contributed by atoms with Crippen molar-refractivity contribution in [3.05, 3.63) is 57.6 Å². The fraction of sp³-hybridized carbons (Fsp3) is 0.167. The standard InChI is InChI=1S/C14H14N2S.C4H4O4/c1-9-8-16-13(7-12(9)15)10-2-3-14-11(6-10)4-5-17-14;5-3(6)1-2-4(7)8/h4-8H,2-3H2,1H3,(H2,15,16);1-2H,(H,5,6)(H,7,8). The molecule has 3 rings (SSSR count). The fourth-order valence-electron chi connectivity index (χ4n) is 2.25. The van der Waals surface area contributed by atoms with Crippen molar-refractivity contribution < 1.29 is 19.8 Å². The van der Waals surface area contributed by atoms with E-state index >= 15 is 0 Å². The smallest absolute Gasteiger partial charge is 0.328 e. The van der Waals surface area contributed by atoms with Crippen LogP contribution < -0.4 is 5.73 Å². The lowest BCUT2D eigenvalue weighted by Gasteiger charge is -2.13. The quantitative estimate of drug-likeness (QED) is 0.726. The van der Waals surface area contributed by atoms with Gasteiger partial charge in [0.15, 0.2) is 0 Å². The first-order chi connectivity index (χ1) is 11.9. The van der Waals surface area contributed by atoms with E-state index in [2.05, 4.69) is 22.5 Å². The lowest BCUT2D eigenvalue weighted by molar-refractivity contribution is -0.134. The maximum absolute atomic E-state index is 9.55. The summed E-state index contributed by atoms with van der Waals surface area (Å²) in [5.41, 5.74) is 11.5. The van der Waals surface area contributed by atoms with Gasteiger partial charge in [0.05, 0.1) is 5.69 Å². The Morgan fingerprint density at radius 2 is 1.92 bits per heavy atom. The third kappa shape index (κ3) is 5.29. The fourth-order valence-corrected chi connectivity index (χ4v) is 3.11. The highest BCUT2D eigenvalue weighted by molar-refractivity contribution is 7.10. The van der Waals surface area contributed by atoms with Gasteiger partial charge in [0, 0.05) is 28.9 Å². The van der Waals surface area contributed by atoms with Gasteiger partial charge in [-0.05, 0) is 60.1 Å². The molecule has 2 aromatic heterocycles. The van der Waals surface area contributed by atoms with Crippen LogP contribution in [0, 0.1) is 6.92 Å². The lowest BCUT2D eigenvalue weighted by Crippen LogP contribution is -1.99. The topological polar surface area (TPSA) is 114 Å². The number of nitrogens with zero attached hydrogens (tertiary/aromatic N) is 1. The number of rotatable bonds is 3. The minimum Gasteiger partial charge on any atom is -0.478 e. The minimum absolute atomic E-state index is 0.558. The summed E-state index contributed by atoms with van der Waals surface area (Å²) in [6, 6.07) is 4.16. The number of hydrogen-bond donors (Lipinski definition) is 3. The number of carboxylic acid groups (broad SMARTS) is 2. The van der Waals surface area contributed by atoms with Crippen LogP contribution in [-0.4, -0.2) is 27.1 Å². The molecule has 0 aliphatic heterocycles. The second kappa shape index (κ2) is 8.25. The van der Waals surface area contributed by atoms with Gasteiger partial charge < -0.3 is 15.9 Å². The zero-order chi connectivity index (χ0) is 18.4. The second-order valence-electron chi connectivity index (χ2n) is 5.40. The van der Waals surface area contributed by atoms with Gasteiger partial charge in [0.25, 0.3) is 0 Å². The average Bonchev–Trinajstić information content (AvgIpc) is 3.03. The van der Waals surface area contributed by atoms with Crippen molar-refractivity contribution in [2.24, 2.45) is 0 Å². The molecule has 2 aromatic rings. The van der Waals surface area contributed by atoms with Crippen molar-refractivity contribution in [3.63, 3.8) is 0 Å². The zero-order valence-corrected chi connectivity index (χ0v) is 14.4. The molecule has 25 heavy (non-hydrogen) atoms. The summed E-state index contributed by atoms with van der Waals surface area (Å²) in [5.74, 6) is -2.51. The highest BCUT2D eigenvalue weighted by atomic mass is 32.1. The Kier molecular flexibility index (Phi) is 6.08. The van der Waals surface area contributed by atoms with Gasteiger partial charge in [0.2, 0.25) is 0 Å². The summed E-state index contributed by atoms with van der Waals surface area (Å²) in [4.78, 5) is 25.1. The molecule has 0 amide bonds. The minimum atomic E-state index is -1.26. The van der Waals surface area contributed by atoms with E-state index in [1.54, 1.807) is 0 Å². The number of fused-ring (bicyclic) bond motifs is 1. The number of aliphatic carboxylic acids is 2. The third-order valence-corrected chi connectivity index (χ3v) is 4.57. The predicted molar refractivity (Wildman–Crippen MR) is 98.3 cm³/mol. The van der Waals surface area contributed by atoms with Crippen LogP contribution in [0.15, 0.2) is 35.9 Å². The van der Waals surface area contributed by atoms with Crippen LogP contribution in [-0.2, 0) is 16.0 Å². The number of aromatic nitrogens is 1. The average molecular weight is 358 g/mol. The van der Waals surface area contributed by atoms with Gasteiger partial charge in [-0.3, -0.25) is 4.98 Å². The number of anilines is 1. The highest BCUT2D eigenvalue weighted by Crippen LogP contribution is 2.32. The van der Waals surface area contributed by atoms with Crippen molar-refractivity contribution in [3.8, 4) is 0 Å². The molecular formula is C18H18N2O4S. The number of thiophene rings is 1. The number of hydrogen-bond acceptors (Lipinski definition) is 5. The van der Waals surface area contributed by atoms with Crippen LogP contribution in [0.3, 0.4) is 0 Å². The molecule has 1 aliphatic rings. The molecule has 4 N–H and O–H groups in total. The van der Waals surface area contributed by atoms with Gasteiger partial charge >= 0.3 is 11.9 Å². The molecule has 7 heteroatoms. The number of carbonyl (C=O) groups is 2. The third-order valence-electron chi connectivity index (χ3n) is 3.57. The maximum atomic E-state index is 9.55. The molecular weight excluding hydrogens is 340 g/mol. The molecule has 1 aliphatic carbocycles. The number of nitrogen functional groups attached to an aromatic ring is 1. The van der Waals surface area contributed by atoms with Crippen LogP contribution >= 0.6 is 11.3 Å². The first-order valence-corrected chi connectivity index (χ1v) is 8.38. The van der Waals surface area contributed by atoms with E-state index in [9.17, 15) is 9.59 Å². The molecule has 2 heterocycles. The number of allylic oxidation sites excluding steroid dienone is 1. The summed E-state index contributed by atoms with van der Waals surface area (Å²) in [6.45, 7) is 1.98. The van der Waals surface area contributed by atoms with Gasteiger partial charge in [-0.25, -0.2) is 9.59 Å². The summed E-state index contributed by atoms with van der Waals surface area (Å²) in [7, 11) is 0. The van der Waals surface area contributed by atoms with Crippen LogP contribution in [0.4, 0.5) is 5.69 Å². The van der Waals surface area contributed by atoms with Crippen molar-refractivity contribution in [1.82, 2.24) is 4.98 Å². The Labute approximate surface area is 149 Å². The number of nitrogens with two attached hydrogens (primary N) is 1. The monoisotopic (exact) mass is 358 g/mol. The number of carboxylic acids is 2. The van der Waals surface area contributed by atoms with Gasteiger partial charge in [-0.2, -0.15) is 0 Å². The summed E-state index contributed by atoms with van der Waals surface area (Å²) >= 11 is 1.84. The lowest BCUT2D eigenvalue weighted by atomic mass is 9.96. The van der Waals surface area contributed by atoms with Crippen LogP contribution in [0.5, 0.6) is 0 Å². The first kappa shape index (κ1) is 18.4. The Morgan fingerprint density at radius 1 is 1.24 bits per heavy atom. The van der Waals surface area contributed by atoms with E-state index in [4.69, 9.17) is 15.9 Å². The molecule has 0 radical (unpaired) electrons. The Morgan fingerprint density at radius 3 is 2.52 bits per heavy atom. The van der Waals surface area contributed by atoms with Crippen molar-refractivity contribution >= 4 is 40.6 Å². The molecule has 6 nitrogen and oxygen atoms in total. The molecule has 0 fully saturated rings. The van der Waals surface area contributed by atoms with E-state index in [-0.39, 0.29) is 0 Å². The summed E-state index contributed by atoms with van der Waals surface area (Å²) in [6.07, 6.45) is 7.39. The van der Waals surface area contributed by atoms with E-state index in [1.807, 2.05) is 30.5 Å². The van der Waals surface area contributed by atoms with Crippen LogP contribution in [0.1, 0.15) is 28.1 Å². The molecule has 0 spiro atoms. The van der Waals surface area contributed by atoms with Crippen molar-refractivity contribution in [2.45, 2.75) is 19.8 Å². The van der Waals surface area contributed by atoms with E-state index < -0.39 is 11.9 Å². The highest BCUT2D eigenvalue weighted by Gasteiger charge is 2.14. The van der Waals surface area contributed by atoms with Crippen LogP contribution in [0.2, 0.25) is 0 Å². The van der Waals surface area contributed by atoms with Crippen LogP contribution in [0.25, 0.3) is 11.6 Å². The van der Waals surface area contributed by atoms with Gasteiger partial charge in [-0.1, -0.05) is 0 Å². The summed E-state index contributed by atoms with van der Waals surface area (Å²) < 4.78 is 0. The molecule has 0 aromatic carbocycles. The largest absolute Gasteiger partial charge is 0.478 e. The zero-order valence-electron chi connectivity index (χ0n) is 13.6. The summed E-state index contributed by atoms with van der Waals surface area (Å²) in [5, 5.41) is 17.8.